The van der Waals surface area contributed by atoms with Crippen molar-refractivity contribution in [1.82, 2.24) is 5.32 Å². The molecule has 2 aromatic rings. The molecule has 0 aliphatic carbocycles. The molecule has 0 radical (unpaired) electrons. The molecule has 0 aliphatic heterocycles. The molecule has 0 unspecified atom stereocenters. The Bertz CT molecular complexity index is 803. The van der Waals surface area contributed by atoms with Crippen LogP contribution in [0.3, 0.4) is 0 Å². The average Bonchev–Trinajstić information content (AvgIpc) is 2.72. The number of benzene rings is 2. The standard InChI is InChI=1S/C22H27Cl2NO4/c1-4-5-6-11-29-21-17(23)13-16(14-18(21)24)22(26)25-10-9-15-7-8-19(27-2)20(12-15)28-3/h7-8,12-14H,4-6,9-11H2,1-3H3,(H,25,26). The second-order valence-corrected chi connectivity index (χ2v) is 7.33. The number of carbonyl (C=O) groups is 1. The molecule has 0 saturated carbocycles. The number of unbranched alkanes of at least 4 members (excludes halogenated alkanes) is 2. The van der Waals surface area contributed by atoms with Crippen LogP contribution in [0.2, 0.25) is 10.0 Å². The summed E-state index contributed by atoms with van der Waals surface area (Å²) < 4.78 is 16.2. The minimum atomic E-state index is -0.244. The van der Waals surface area contributed by atoms with Gasteiger partial charge in [0, 0.05) is 12.1 Å². The highest BCUT2D eigenvalue weighted by Crippen LogP contribution is 2.34. The lowest BCUT2D eigenvalue weighted by molar-refractivity contribution is 0.0954. The van der Waals surface area contributed by atoms with Crippen molar-refractivity contribution < 1.29 is 19.0 Å². The second kappa shape index (κ2) is 11.8. The van der Waals surface area contributed by atoms with Crippen LogP contribution < -0.4 is 19.5 Å². The molecule has 2 aromatic carbocycles. The van der Waals surface area contributed by atoms with Crippen LogP contribution in [0.5, 0.6) is 17.2 Å². The summed E-state index contributed by atoms with van der Waals surface area (Å²) in [4.78, 5) is 12.5. The van der Waals surface area contributed by atoms with Gasteiger partial charge in [-0.1, -0.05) is 49.0 Å². The second-order valence-electron chi connectivity index (χ2n) is 6.52. The molecule has 5 nitrogen and oxygen atoms in total. The number of ether oxygens (including phenoxy) is 3. The highest BCUT2D eigenvalue weighted by atomic mass is 35.5. The molecule has 0 fully saturated rings. The number of carbonyl (C=O) groups excluding carboxylic acids is 1. The van der Waals surface area contributed by atoms with Crippen molar-refractivity contribution >= 4 is 29.1 Å². The van der Waals surface area contributed by atoms with Crippen LogP contribution in [0.25, 0.3) is 0 Å². The summed E-state index contributed by atoms with van der Waals surface area (Å²) in [6, 6.07) is 8.83. The minimum Gasteiger partial charge on any atom is -0.493 e. The fourth-order valence-electron chi connectivity index (χ4n) is 2.81. The molecule has 0 atom stereocenters. The summed E-state index contributed by atoms with van der Waals surface area (Å²) in [5.41, 5.74) is 1.42. The third-order valence-corrected chi connectivity index (χ3v) is 4.96. The van der Waals surface area contributed by atoms with Gasteiger partial charge in [0.1, 0.15) is 0 Å². The van der Waals surface area contributed by atoms with Gasteiger partial charge in [-0.15, -0.1) is 0 Å². The Kier molecular flexibility index (Phi) is 9.42. The number of halogens is 2. The highest BCUT2D eigenvalue weighted by molar-refractivity contribution is 6.37. The Hall–Kier alpha value is -2.11. The van der Waals surface area contributed by atoms with Crippen molar-refractivity contribution in [1.29, 1.82) is 0 Å². The van der Waals surface area contributed by atoms with Gasteiger partial charge in [-0.3, -0.25) is 4.79 Å². The topological polar surface area (TPSA) is 56.8 Å². The Balaban J connectivity index is 1.93. The molecule has 0 spiro atoms. The Morgan fingerprint density at radius 2 is 1.69 bits per heavy atom. The zero-order valence-corrected chi connectivity index (χ0v) is 18.5. The van der Waals surface area contributed by atoms with Gasteiger partial charge in [-0.05, 0) is 42.7 Å². The van der Waals surface area contributed by atoms with E-state index in [-0.39, 0.29) is 5.91 Å². The van der Waals surface area contributed by atoms with Gasteiger partial charge >= 0.3 is 0 Å². The maximum Gasteiger partial charge on any atom is 0.251 e. The fraction of sp³-hybridized carbons (Fsp3) is 0.409. The van der Waals surface area contributed by atoms with E-state index >= 15 is 0 Å². The molecule has 0 saturated heterocycles. The lowest BCUT2D eigenvalue weighted by Gasteiger charge is -2.12. The monoisotopic (exact) mass is 439 g/mol. The lowest BCUT2D eigenvalue weighted by Crippen LogP contribution is -2.25. The van der Waals surface area contributed by atoms with E-state index in [1.807, 2.05) is 18.2 Å². The number of nitrogens with one attached hydrogen (secondary N) is 1. The van der Waals surface area contributed by atoms with Crippen molar-refractivity contribution in [2.24, 2.45) is 0 Å². The summed E-state index contributed by atoms with van der Waals surface area (Å²) in [6.45, 7) is 3.13. The minimum absolute atomic E-state index is 0.244. The summed E-state index contributed by atoms with van der Waals surface area (Å²) in [5, 5.41) is 3.54. The van der Waals surface area contributed by atoms with Gasteiger partial charge in [0.05, 0.1) is 30.9 Å². The smallest absolute Gasteiger partial charge is 0.251 e. The first-order chi connectivity index (χ1) is 14.0. The van der Waals surface area contributed by atoms with Gasteiger partial charge in [-0.25, -0.2) is 0 Å². The van der Waals surface area contributed by atoms with Crippen molar-refractivity contribution in [3.63, 3.8) is 0 Å². The molecular formula is C22H27Cl2NO4. The normalized spacial score (nSPS) is 10.5. The number of methoxy groups -OCH3 is 2. The largest absolute Gasteiger partial charge is 0.493 e. The van der Waals surface area contributed by atoms with E-state index in [0.717, 1.165) is 24.8 Å². The van der Waals surface area contributed by atoms with Crippen LogP contribution in [0.4, 0.5) is 0 Å². The Morgan fingerprint density at radius 1 is 1.00 bits per heavy atom. The van der Waals surface area contributed by atoms with E-state index in [9.17, 15) is 4.79 Å². The summed E-state index contributed by atoms with van der Waals surface area (Å²) >= 11 is 12.5. The molecule has 1 N–H and O–H groups in total. The van der Waals surface area contributed by atoms with Crippen LogP contribution in [0.15, 0.2) is 30.3 Å². The third-order valence-electron chi connectivity index (χ3n) is 4.40. The average molecular weight is 440 g/mol. The molecule has 0 heterocycles. The highest BCUT2D eigenvalue weighted by Gasteiger charge is 2.14. The van der Waals surface area contributed by atoms with E-state index in [1.54, 1.807) is 26.4 Å². The third kappa shape index (κ3) is 6.72. The van der Waals surface area contributed by atoms with Gasteiger partial charge in [-0.2, -0.15) is 0 Å². The Morgan fingerprint density at radius 3 is 2.31 bits per heavy atom. The van der Waals surface area contributed by atoms with E-state index in [0.29, 0.717) is 52.4 Å². The van der Waals surface area contributed by atoms with Gasteiger partial charge in [0.2, 0.25) is 0 Å². The molecule has 1 amide bonds. The predicted molar refractivity (Wildman–Crippen MR) is 117 cm³/mol. The molecule has 7 heteroatoms. The molecular weight excluding hydrogens is 413 g/mol. The molecule has 29 heavy (non-hydrogen) atoms. The number of hydrogen-bond acceptors (Lipinski definition) is 4. The Labute approximate surface area is 182 Å². The van der Waals surface area contributed by atoms with Crippen molar-refractivity contribution in [2.75, 3.05) is 27.4 Å². The molecule has 0 aromatic heterocycles. The van der Waals surface area contributed by atoms with Gasteiger partial charge in [0.25, 0.3) is 5.91 Å². The van der Waals surface area contributed by atoms with E-state index in [1.165, 1.54) is 0 Å². The zero-order chi connectivity index (χ0) is 21.2. The quantitative estimate of drug-likeness (QED) is 0.466. The fourth-order valence-corrected chi connectivity index (χ4v) is 3.41. The van der Waals surface area contributed by atoms with Crippen LogP contribution in [0, 0.1) is 0 Å². The van der Waals surface area contributed by atoms with Crippen LogP contribution >= 0.6 is 23.2 Å². The molecule has 158 valence electrons. The van der Waals surface area contributed by atoms with Crippen LogP contribution in [0.1, 0.15) is 42.1 Å². The molecule has 2 rings (SSSR count). The first-order valence-corrected chi connectivity index (χ1v) is 10.4. The predicted octanol–water partition coefficient (Wildman–Crippen LogP) is 5.55. The summed E-state index contributed by atoms with van der Waals surface area (Å²) in [6.07, 6.45) is 3.76. The van der Waals surface area contributed by atoms with Gasteiger partial charge in [0.15, 0.2) is 17.2 Å². The zero-order valence-electron chi connectivity index (χ0n) is 17.0. The molecule has 0 bridgehead atoms. The van der Waals surface area contributed by atoms with Crippen molar-refractivity contribution in [3.05, 3.63) is 51.5 Å². The van der Waals surface area contributed by atoms with E-state index in [2.05, 4.69) is 12.2 Å². The van der Waals surface area contributed by atoms with Crippen LogP contribution in [-0.4, -0.2) is 33.3 Å². The number of amides is 1. The van der Waals surface area contributed by atoms with Crippen LogP contribution in [-0.2, 0) is 6.42 Å². The van der Waals surface area contributed by atoms with E-state index in [4.69, 9.17) is 37.4 Å². The van der Waals surface area contributed by atoms with Crippen molar-refractivity contribution in [2.45, 2.75) is 32.6 Å². The van der Waals surface area contributed by atoms with Crippen molar-refractivity contribution in [3.8, 4) is 17.2 Å². The number of hydrogen-bond donors (Lipinski definition) is 1. The molecule has 0 aliphatic rings. The first kappa shape index (κ1) is 23.2. The SMILES string of the molecule is CCCCCOc1c(Cl)cc(C(=O)NCCc2ccc(OC)c(OC)c2)cc1Cl. The lowest BCUT2D eigenvalue weighted by atomic mass is 10.1. The van der Waals surface area contributed by atoms with Gasteiger partial charge < -0.3 is 19.5 Å². The summed E-state index contributed by atoms with van der Waals surface area (Å²) in [7, 11) is 3.18. The maximum absolute atomic E-state index is 12.5. The maximum atomic E-state index is 12.5. The number of rotatable bonds is 11. The summed E-state index contributed by atoms with van der Waals surface area (Å²) in [5.74, 6) is 1.50. The first-order valence-electron chi connectivity index (χ1n) is 9.61. The van der Waals surface area contributed by atoms with E-state index < -0.39 is 0 Å².